The van der Waals surface area contributed by atoms with Crippen molar-refractivity contribution in [1.82, 2.24) is 9.88 Å². The molecule has 3 rings (SSSR count). The van der Waals surface area contributed by atoms with E-state index in [1.165, 1.54) is 18.4 Å². The van der Waals surface area contributed by atoms with Gasteiger partial charge >= 0.3 is 0 Å². The Labute approximate surface area is 140 Å². The molecule has 1 aliphatic heterocycles. The Bertz CT molecular complexity index is 629. The predicted molar refractivity (Wildman–Crippen MR) is 92.0 cm³/mol. The molecule has 2 aromatic rings. The first-order valence-electron chi connectivity index (χ1n) is 7.70. The number of methoxy groups -OCH3 is 1. The number of nitrogens with zero attached hydrogens (tertiary/aromatic N) is 2. The maximum Gasteiger partial charge on any atom is 0.118 e. The molecule has 0 unspecified atom stereocenters. The Kier molecular flexibility index (Phi) is 4.79. The molecule has 2 heterocycles. The van der Waals surface area contributed by atoms with E-state index in [1.54, 1.807) is 7.11 Å². The monoisotopic (exact) mass is 360 g/mol. The van der Waals surface area contributed by atoms with Crippen LogP contribution in [-0.4, -0.2) is 23.5 Å². The van der Waals surface area contributed by atoms with Gasteiger partial charge in [0.1, 0.15) is 5.75 Å². The molecular weight excluding hydrogens is 340 g/mol. The van der Waals surface area contributed by atoms with Crippen LogP contribution in [0.15, 0.2) is 47.1 Å². The predicted octanol–water partition coefficient (Wildman–Crippen LogP) is 4.75. The number of likely N-dealkylation sites (tertiary alicyclic amines) is 1. The first-order chi connectivity index (χ1) is 10.7. The summed E-state index contributed by atoms with van der Waals surface area (Å²) in [4.78, 5) is 7.14. The lowest BCUT2D eigenvalue weighted by atomic mass is 10.0. The van der Waals surface area contributed by atoms with E-state index in [0.29, 0.717) is 12.1 Å². The van der Waals surface area contributed by atoms with Crippen LogP contribution in [0.5, 0.6) is 5.75 Å². The van der Waals surface area contributed by atoms with E-state index in [1.807, 2.05) is 24.4 Å². The molecule has 0 radical (unpaired) electrons. The second kappa shape index (κ2) is 6.80. The van der Waals surface area contributed by atoms with Crippen molar-refractivity contribution in [2.24, 2.45) is 0 Å². The summed E-state index contributed by atoms with van der Waals surface area (Å²) < 4.78 is 6.35. The molecule has 0 saturated carbocycles. The maximum absolute atomic E-state index is 5.25. The highest BCUT2D eigenvalue weighted by Crippen LogP contribution is 2.38. The highest BCUT2D eigenvalue weighted by molar-refractivity contribution is 9.10. The summed E-state index contributed by atoms with van der Waals surface area (Å²) in [6, 6.07) is 13.3. The Morgan fingerprint density at radius 2 is 2.05 bits per heavy atom. The molecule has 1 saturated heterocycles. The number of hydrogen-bond acceptors (Lipinski definition) is 3. The molecule has 0 amide bonds. The summed E-state index contributed by atoms with van der Waals surface area (Å²) >= 11 is 3.55. The van der Waals surface area contributed by atoms with E-state index in [9.17, 15) is 0 Å². The minimum atomic E-state index is 0.374. The van der Waals surface area contributed by atoms with Gasteiger partial charge in [0, 0.05) is 16.7 Å². The van der Waals surface area contributed by atoms with E-state index in [-0.39, 0.29) is 0 Å². The van der Waals surface area contributed by atoms with Crippen LogP contribution < -0.4 is 4.74 Å². The van der Waals surface area contributed by atoms with Crippen molar-refractivity contribution in [1.29, 1.82) is 0 Å². The van der Waals surface area contributed by atoms with E-state index in [0.717, 1.165) is 22.5 Å². The second-order valence-electron chi connectivity index (χ2n) is 5.74. The van der Waals surface area contributed by atoms with Crippen molar-refractivity contribution in [3.63, 3.8) is 0 Å². The zero-order valence-corrected chi connectivity index (χ0v) is 14.6. The van der Waals surface area contributed by atoms with Crippen molar-refractivity contribution in [2.45, 2.75) is 31.8 Å². The number of aromatic nitrogens is 1. The average Bonchev–Trinajstić information content (AvgIpc) is 3.04. The Morgan fingerprint density at radius 3 is 2.73 bits per heavy atom. The highest BCUT2D eigenvalue weighted by Gasteiger charge is 2.31. The van der Waals surface area contributed by atoms with Gasteiger partial charge < -0.3 is 4.74 Å². The van der Waals surface area contributed by atoms with Gasteiger partial charge in [0.05, 0.1) is 18.8 Å². The average molecular weight is 361 g/mol. The van der Waals surface area contributed by atoms with Gasteiger partial charge in [-0.05, 0) is 56.1 Å². The van der Waals surface area contributed by atoms with Crippen LogP contribution in [0.25, 0.3) is 0 Å². The molecule has 2 atom stereocenters. The number of ether oxygens (including phenoxy) is 1. The van der Waals surface area contributed by atoms with Crippen molar-refractivity contribution in [3.05, 3.63) is 58.3 Å². The van der Waals surface area contributed by atoms with Crippen LogP contribution in [0.1, 0.15) is 43.1 Å². The molecule has 3 nitrogen and oxygen atoms in total. The van der Waals surface area contributed by atoms with Crippen LogP contribution in [0.2, 0.25) is 0 Å². The molecule has 1 fully saturated rings. The summed E-state index contributed by atoms with van der Waals surface area (Å²) in [5, 5.41) is 0. The van der Waals surface area contributed by atoms with Gasteiger partial charge in [0.2, 0.25) is 0 Å². The minimum Gasteiger partial charge on any atom is -0.497 e. The molecule has 0 aliphatic carbocycles. The van der Waals surface area contributed by atoms with Crippen molar-refractivity contribution < 1.29 is 4.74 Å². The summed E-state index contributed by atoms with van der Waals surface area (Å²) in [6.45, 7) is 3.39. The normalized spacial score (nSPS) is 20.0. The minimum absolute atomic E-state index is 0.374. The zero-order valence-electron chi connectivity index (χ0n) is 13.0. The topological polar surface area (TPSA) is 25.4 Å². The number of pyridine rings is 1. The van der Waals surface area contributed by atoms with Crippen molar-refractivity contribution in [3.8, 4) is 5.75 Å². The summed E-state index contributed by atoms with van der Waals surface area (Å²) in [5.41, 5.74) is 2.48. The molecular formula is C18H21BrN2O. The third kappa shape index (κ3) is 3.18. The first-order valence-corrected chi connectivity index (χ1v) is 8.49. The van der Waals surface area contributed by atoms with Crippen LogP contribution in [0, 0.1) is 0 Å². The molecule has 1 aromatic heterocycles. The molecule has 22 heavy (non-hydrogen) atoms. The quantitative estimate of drug-likeness (QED) is 0.786. The Morgan fingerprint density at radius 1 is 1.27 bits per heavy atom. The lowest BCUT2D eigenvalue weighted by Crippen LogP contribution is -2.27. The molecule has 0 N–H and O–H groups in total. The first kappa shape index (κ1) is 15.5. The molecule has 1 aliphatic rings. The van der Waals surface area contributed by atoms with E-state index >= 15 is 0 Å². The van der Waals surface area contributed by atoms with Crippen molar-refractivity contribution >= 4 is 15.9 Å². The van der Waals surface area contributed by atoms with Crippen LogP contribution >= 0.6 is 15.9 Å². The molecule has 4 heteroatoms. The number of halogens is 1. The number of hydrogen-bond donors (Lipinski definition) is 0. The van der Waals surface area contributed by atoms with E-state index in [2.05, 4.69) is 50.9 Å². The fraction of sp³-hybridized carbons (Fsp3) is 0.389. The third-order valence-electron chi connectivity index (χ3n) is 4.47. The zero-order chi connectivity index (χ0) is 15.5. The van der Waals surface area contributed by atoms with Gasteiger partial charge in [-0.15, -0.1) is 0 Å². The Balaban J connectivity index is 1.82. The van der Waals surface area contributed by atoms with E-state index in [4.69, 9.17) is 4.74 Å². The number of rotatable bonds is 4. The second-order valence-corrected chi connectivity index (χ2v) is 6.66. The third-order valence-corrected chi connectivity index (χ3v) is 4.97. The lowest BCUT2D eigenvalue weighted by Gasteiger charge is -2.30. The molecule has 1 aromatic carbocycles. The van der Waals surface area contributed by atoms with Gasteiger partial charge in [0.15, 0.2) is 0 Å². The van der Waals surface area contributed by atoms with Gasteiger partial charge in [-0.2, -0.15) is 0 Å². The van der Waals surface area contributed by atoms with E-state index < -0.39 is 0 Å². The summed E-state index contributed by atoms with van der Waals surface area (Å²) in [5.74, 6) is 0.905. The van der Waals surface area contributed by atoms with Crippen LogP contribution in [0.3, 0.4) is 0 Å². The fourth-order valence-corrected chi connectivity index (χ4v) is 3.60. The Hall–Kier alpha value is -1.39. The largest absolute Gasteiger partial charge is 0.497 e. The number of benzene rings is 1. The van der Waals surface area contributed by atoms with Crippen LogP contribution in [-0.2, 0) is 0 Å². The van der Waals surface area contributed by atoms with Crippen LogP contribution in [0.4, 0.5) is 0 Å². The van der Waals surface area contributed by atoms with Gasteiger partial charge in [-0.3, -0.25) is 9.88 Å². The van der Waals surface area contributed by atoms with Gasteiger partial charge in [-0.25, -0.2) is 0 Å². The summed E-state index contributed by atoms with van der Waals surface area (Å²) in [6.07, 6.45) is 4.28. The van der Waals surface area contributed by atoms with Gasteiger partial charge in [0.25, 0.3) is 0 Å². The smallest absolute Gasteiger partial charge is 0.118 e. The van der Waals surface area contributed by atoms with Gasteiger partial charge in [-0.1, -0.05) is 28.1 Å². The summed E-state index contributed by atoms with van der Waals surface area (Å²) in [7, 11) is 1.70. The SMILES string of the molecule is COc1ccc([C@H](C)N2CCC[C@@H]2c2cc(Br)ccn2)cc1. The molecule has 0 bridgehead atoms. The molecule has 0 spiro atoms. The maximum atomic E-state index is 5.25. The highest BCUT2D eigenvalue weighted by atomic mass is 79.9. The lowest BCUT2D eigenvalue weighted by molar-refractivity contribution is 0.191. The fourth-order valence-electron chi connectivity index (χ4n) is 3.25. The van der Waals surface area contributed by atoms with Crippen molar-refractivity contribution in [2.75, 3.05) is 13.7 Å². The molecule has 116 valence electrons. The standard InChI is InChI=1S/C18H21BrN2O/c1-13(14-5-7-16(22-2)8-6-14)21-11-3-4-18(21)17-12-15(19)9-10-20-17/h5-10,12-13,18H,3-4,11H2,1-2H3/t13-,18+/m0/s1.